The zero-order chi connectivity index (χ0) is 22.2. The predicted molar refractivity (Wildman–Crippen MR) is 122 cm³/mol. The van der Waals surface area contributed by atoms with E-state index in [4.69, 9.17) is 28.4 Å². The van der Waals surface area contributed by atoms with Crippen LogP contribution < -0.4 is 9.47 Å². The van der Waals surface area contributed by atoms with Crippen LogP contribution in [-0.4, -0.2) is 64.1 Å². The fraction of sp³-hybridized carbons (Fsp3) is 0.538. The normalized spacial score (nSPS) is 21.1. The molecule has 0 saturated carbocycles. The molecule has 4 rings (SSSR count). The average molecular weight is 443 g/mol. The van der Waals surface area contributed by atoms with Gasteiger partial charge in [-0.1, -0.05) is 24.3 Å². The second-order valence-electron chi connectivity index (χ2n) is 8.52. The summed E-state index contributed by atoms with van der Waals surface area (Å²) < 4.78 is 33.5. The highest BCUT2D eigenvalue weighted by atomic mass is 16.6. The van der Waals surface area contributed by atoms with E-state index in [9.17, 15) is 0 Å². The molecule has 0 amide bonds. The lowest BCUT2D eigenvalue weighted by Crippen LogP contribution is -2.15. The third-order valence-corrected chi connectivity index (χ3v) is 5.57. The molecule has 2 aliphatic rings. The Balaban J connectivity index is 1.14. The first kappa shape index (κ1) is 23.1. The molecule has 4 atom stereocenters. The van der Waals surface area contributed by atoms with Crippen LogP contribution in [-0.2, 0) is 18.9 Å². The van der Waals surface area contributed by atoms with E-state index in [0.717, 1.165) is 48.7 Å². The summed E-state index contributed by atoms with van der Waals surface area (Å²) in [7, 11) is 0. The average Bonchev–Trinajstić information content (AvgIpc) is 3.72. The van der Waals surface area contributed by atoms with Gasteiger partial charge < -0.3 is 28.4 Å². The molecule has 4 unspecified atom stereocenters. The van der Waals surface area contributed by atoms with Crippen molar-refractivity contribution >= 4 is 0 Å². The first-order valence-electron chi connectivity index (χ1n) is 11.6. The highest BCUT2D eigenvalue weighted by molar-refractivity contribution is 5.64. The third kappa shape index (κ3) is 8.10. The lowest BCUT2D eigenvalue weighted by atomic mass is 10.1. The van der Waals surface area contributed by atoms with Gasteiger partial charge in [0, 0.05) is 12.8 Å². The topological polar surface area (TPSA) is 62.0 Å². The quantitative estimate of drug-likeness (QED) is 0.379. The van der Waals surface area contributed by atoms with Gasteiger partial charge in [-0.3, -0.25) is 0 Å². The van der Waals surface area contributed by atoms with Gasteiger partial charge in [-0.2, -0.15) is 0 Å². The molecule has 2 aromatic carbocycles. The molecule has 2 aliphatic heterocycles. The summed E-state index contributed by atoms with van der Waals surface area (Å²) in [4.78, 5) is 0. The second-order valence-corrected chi connectivity index (χ2v) is 8.52. The van der Waals surface area contributed by atoms with Crippen LogP contribution in [0.15, 0.2) is 48.5 Å². The van der Waals surface area contributed by atoms with E-state index in [0.29, 0.717) is 38.6 Å². The Morgan fingerprint density at radius 3 is 1.41 bits per heavy atom. The van der Waals surface area contributed by atoms with Crippen molar-refractivity contribution in [1.82, 2.24) is 0 Å². The van der Waals surface area contributed by atoms with Crippen LogP contribution in [0.1, 0.15) is 26.7 Å². The Bertz CT molecular complexity index is 729. The second kappa shape index (κ2) is 11.7. The molecular weight excluding hydrogens is 408 g/mol. The lowest BCUT2D eigenvalue weighted by Gasteiger charge is -2.14. The highest BCUT2D eigenvalue weighted by Crippen LogP contribution is 2.25. The standard InChI is InChI=1S/C26H34O6/c1-19(29-15-25-17-31-25)11-13-27-23-7-3-21(4-8-23)22-5-9-24(10-6-22)28-14-12-20(2)30-16-26-18-32-26/h3-10,19-20,25-26H,11-18H2,1-2H3. The first-order valence-corrected chi connectivity index (χ1v) is 11.6. The summed E-state index contributed by atoms with van der Waals surface area (Å²) in [6.45, 7) is 8.44. The van der Waals surface area contributed by atoms with Gasteiger partial charge >= 0.3 is 0 Å². The van der Waals surface area contributed by atoms with Crippen LogP contribution >= 0.6 is 0 Å². The van der Waals surface area contributed by atoms with Gasteiger partial charge in [0.1, 0.15) is 23.7 Å². The minimum Gasteiger partial charge on any atom is -0.493 e. The molecule has 6 nitrogen and oxygen atoms in total. The fourth-order valence-corrected chi connectivity index (χ4v) is 3.21. The van der Waals surface area contributed by atoms with Gasteiger partial charge in [0.15, 0.2) is 0 Å². The molecular formula is C26H34O6. The molecule has 0 bridgehead atoms. The van der Waals surface area contributed by atoms with E-state index in [1.165, 1.54) is 0 Å². The zero-order valence-electron chi connectivity index (χ0n) is 19.0. The number of epoxide rings is 2. The molecule has 2 heterocycles. The van der Waals surface area contributed by atoms with E-state index in [1.54, 1.807) is 0 Å². The summed E-state index contributed by atoms with van der Waals surface area (Å²) in [5, 5.41) is 0. The third-order valence-electron chi connectivity index (χ3n) is 5.57. The smallest absolute Gasteiger partial charge is 0.119 e. The fourth-order valence-electron chi connectivity index (χ4n) is 3.21. The number of hydrogen-bond donors (Lipinski definition) is 0. The largest absolute Gasteiger partial charge is 0.493 e. The molecule has 32 heavy (non-hydrogen) atoms. The van der Waals surface area contributed by atoms with Crippen LogP contribution in [0.2, 0.25) is 0 Å². The first-order chi connectivity index (χ1) is 15.7. The summed E-state index contributed by atoms with van der Waals surface area (Å²) in [6, 6.07) is 16.4. The van der Waals surface area contributed by atoms with Gasteiger partial charge in [-0.25, -0.2) is 0 Å². The Kier molecular flexibility index (Phi) is 8.40. The summed E-state index contributed by atoms with van der Waals surface area (Å²) in [5.74, 6) is 1.74. The van der Waals surface area contributed by atoms with E-state index in [1.807, 2.05) is 24.3 Å². The van der Waals surface area contributed by atoms with E-state index in [-0.39, 0.29) is 12.2 Å². The molecule has 0 aromatic heterocycles. The van der Waals surface area contributed by atoms with Crippen molar-refractivity contribution < 1.29 is 28.4 Å². The number of hydrogen-bond acceptors (Lipinski definition) is 6. The number of benzene rings is 2. The van der Waals surface area contributed by atoms with Crippen LogP contribution in [0.4, 0.5) is 0 Å². The van der Waals surface area contributed by atoms with Gasteiger partial charge in [0.25, 0.3) is 0 Å². The van der Waals surface area contributed by atoms with Crippen molar-refractivity contribution in [2.45, 2.75) is 51.1 Å². The molecule has 6 heteroatoms. The number of ether oxygens (including phenoxy) is 6. The lowest BCUT2D eigenvalue weighted by molar-refractivity contribution is 0.0405. The van der Waals surface area contributed by atoms with Crippen molar-refractivity contribution in [3.8, 4) is 22.6 Å². The molecule has 0 N–H and O–H groups in total. The van der Waals surface area contributed by atoms with Gasteiger partial charge in [-0.15, -0.1) is 0 Å². The molecule has 0 radical (unpaired) electrons. The van der Waals surface area contributed by atoms with E-state index in [2.05, 4.69) is 38.1 Å². The zero-order valence-corrected chi connectivity index (χ0v) is 19.0. The summed E-state index contributed by atoms with van der Waals surface area (Å²) in [6.07, 6.45) is 2.68. The summed E-state index contributed by atoms with van der Waals surface area (Å²) >= 11 is 0. The summed E-state index contributed by atoms with van der Waals surface area (Å²) in [5.41, 5.74) is 2.30. The molecule has 2 saturated heterocycles. The van der Waals surface area contributed by atoms with Crippen molar-refractivity contribution in [2.75, 3.05) is 39.6 Å². The van der Waals surface area contributed by atoms with Crippen LogP contribution in [0.5, 0.6) is 11.5 Å². The van der Waals surface area contributed by atoms with Crippen molar-refractivity contribution in [3.05, 3.63) is 48.5 Å². The molecule has 174 valence electrons. The van der Waals surface area contributed by atoms with Crippen LogP contribution in [0, 0.1) is 0 Å². The minimum absolute atomic E-state index is 0.173. The van der Waals surface area contributed by atoms with E-state index >= 15 is 0 Å². The Hall–Kier alpha value is -2.12. The van der Waals surface area contributed by atoms with Crippen molar-refractivity contribution in [1.29, 1.82) is 0 Å². The molecule has 0 spiro atoms. The molecule has 0 aliphatic carbocycles. The van der Waals surface area contributed by atoms with Gasteiger partial charge in [-0.05, 0) is 49.2 Å². The Morgan fingerprint density at radius 2 is 1.06 bits per heavy atom. The number of rotatable bonds is 15. The minimum atomic E-state index is 0.173. The maximum absolute atomic E-state index is 5.86. The SMILES string of the molecule is CC(CCOc1ccc(-c2ccc(OCCC(C)OCC3CO3)cc2)cc1)OCC1CO1. The highest BCUT2D eigenvalue weighted by Gasteiger charge is 2.24. The Morgan fingerprint density at radius 1 is 0.688 bits per heavy atom. The van der Waals surface area contributed by atoms with Crippen LogP contribution in [0.3, 0.4) is 0 Å². The predicted octanol–water partition coefficient (Wildman–Crippen LogP) is 4.50. The van der Waals surface area contributed by atoms with Crippen LogP contribution in [0.25, 0.3) is 11.1 Å². The van der Waals surface area contributed by atoms with E-state index < -0.39 is 0 Å². The van der Waals surface area contributed by atoms with Crippen molar-refractivity contribution in [2.24, 2.45) is 0 Å². The van der Waals surface area contributed by atoms with Crippen molar-refractivity contribution in [3.63, 3.8) is 0 Å². The maximum atomic E-state index is 5.86. The molecule has 2 fully saturated rings. The Labute approximate surface area is 190 Å². The monoisotopic (exact) mass is 442 g/mol. The molecule has 2 aromatic rings. The maximum Gasteiger partial charge on any atom is 0.119 e. The van der Waals surface area contributed by atoms with Gasteiger partial charge in [0.05, 0.1) is 51.8 Å². The van der Waals surface area contributed by atoms with Gasteiger partial charge in [0.2, 0.25) is 0 Å².